The molecule has 6 nitrogen and oxygen atoms in total. The van der Waals surface area contributed by atoms with E-state index in [1.165, 1.54) is 23.1 Å². The first-order valence-corrected chi connectivity index (χ1v) is 5.74. The van der Waals surface area contributed by atoms with Crippen molar-refractivity contribution in [3.63, 3.8) is 0 Å². The second kappa shape index (κ2) is 4.91. The zero-order chi connectivity index (χ0) is 13.3. The smallest absolute Gasteiger partial charge is 0.271 e. The fourth-order valence-corrected chi connectivity index (χ4v) is 2.07. The van der Waals surface area contributed by atoms with Gasteiger partial charge in [-0.1, -0.05) is 11.6 Å². The summed E-state index contributed by atoms with van der Waals surface area (Å²) in [6, 6.07) is 3.81. The van der Waals surface area contributed by atoms with Crippen LogP contribution in [0.25, 0.3) is 0 Å². The lowest BCUT2D eigenvalue weighted by Gasteiger charge is -2.38. The van der Waals surface area contributed by atoms with E-state index < -0.39 is 4.92 Å². The normalized spacial score (nSPS) is 15.3. The Bertz CT molecular complexity index is 500. The van der Waals surface area contributed by atoms with Crippen LogP contribution >= 0.6 is 11.6 Å². The van der Waals surface area contributed by atoms with Gasteiger partial charge in [0, 0.05) is 48.3 Å². The molecule has 0 atom stereocenters. The summed E-state index contributed by atoms with van der Waals surface area (Å²) in [6.45, 7) is 0.977. The zero-order valence-corrected chi connectivity index (χ0v) is 10.1. The van der Waals surface area contributed by atoms with E-state index in [1.807, 2.05) is 0 Å². The molecule has 0 bridgehead atoms. The Morgan fingerprint density at radius 3 is 2.72 bits per heavy atom. The Hall–Kier alpha value is -1.66. The topological polar surface area (TPSA) is 83.7 Å². The maximum atomic E-state index is 12.0. The second-order valence-corrected chi connectivity index (χ2v) is 4.65. The van der Waals surface area contributed by atoms with E-state index in [1.54, 1.807) is 0 Å². The van der Waals surface area contributed by atoms with Crippen molar-refractivity contribution >= 4 is 23.2 Å². The van der Waals surface area contributed by atoms with E-state index in [0.717, 1.165) is 0 Å². The molecule has 96 valence electrons. The molecule has 1 heterocycles. The van der Waals surface area contributed by atoms with Crippen molar-refractivity contribution in [2.45, 2.75) is 0 Å². The lowest BCUT2D eigenvalue weighted by atomic mass is 10.00. The van der Waals surface area contributed by atoms with Crippen LogP contribution < -0.4 is 0 Å². The highest BCUT2D eigenvalue weighted by Crippen LogP contribution is 2.24. The third kappa shape index (κ3) is 2.44. The molecule has 0 radical (unpaired) electrons. The highest BCUT2D eigenvalue weighted by atomic mass is 35.5. The molecule has 0 spiro atoms. The number of likely N-dealkylation sites (tertiary alicyclic amines) is 1. The van der Waals surface area contributed by atoms with Crippen LogP contribution in [0.5, 0.6) is 0 Å². The summed E-state index contributed by atoms with van der Waals surface area (Å²) in [5.74, 6) is -0.201. The van der Waals surface area contributed by atoms with Crippen molar-refractivity contribution in [2.75, 3.05) is 19.7 Å². The van der Waals surface area contributed by atoms with Gasteiger partial charge in [0.2, 0.25) is 0 Å². The number of nitrogens with zero attached hydrogens (tertiary/aromatic N) is 2. The first kappa shape index (κ1) is 12.8. The first-order valence-electron chi connectivity index (χ1n) is 5.36. The first-order chi connectivity index (χ1) is 8.51. The van der Waals surface area contributed by atoms with Crippen LogP contribution in [0.4, 0.5) is 5.69 Å². The van der Waals surface area contributed by atoms with Gasteiger partial charge >= 0.3 is 0 Å². The minimum atomic E-state index is -0.588. The van der Waals surface area contributed by atoms with E-state index in [9.17, 15) is 14.9 Å². The summed E-state index contributed by atoms with van der Waals surface area (Å²) in [6.07, 6.45) is 0. The van der Waals surface area contributed by atoms with Gasteiger partial charge in [0.05, 0.1) is 4.92 Å². The van der Waals surface area contributed by atoms with Gasteiger partial charge in [-0.3, -0.25) is 14.9 Å². The molecule has 1 aromatic rings. The van der Waals surface area contributed by atoms with Crippen molar-refractivity contribution in [1.82, 2.24) is 4.90 Å². The van der Waals surface area contributed by atoms with Crippen LogP contribution in [0.3, 0.4) is 0 Å². The molecule has 1 aliphatic rings. The summed E-state index contributed by atoms with van der Waals surface area (Å²) in [5, 5.41) is 19.7. The van der Waals surface area contributed by atoms with Gasteiger partial charge in [-0.25, -0.2) is 0 Å². The summed E-state index contributed by atoms with van der Waals surface area (Å²) < 4.78 is 0. The van der Waals surface area contributed by atoms with Gasteiger partial charge in [-0.2, -0.15) is 0 Å². The van der Waals surface area contributed by atoms with E-state index >= 15 is 0 Å². The molecule has 1 aromatic carbocycles. The quantitative estimate of drug-likeness (QED) is 0.663. The van der Waals surface area contributed by atoms with Gasteiger partial charge in [0.15, 0.2) is 0 Å². The minimum Gasteiger partial charge on any atom is -0.396 e. The molecule has 2 rings (SSSR count). The SMILES string of the molecule is O=C(c1cc(Cl)cc([N+](=O)[O-])c1)N1CC(CO)C1. The molecule has 0 saturated carbocycles. The number of aliphatic hydroxyl groups is 1. The fraction of sp³-hybridized carbons (Fsp3) is 0.364. The molecule has 18 heavy (non-hydrogen) atoms. The number of aliphatic hydroxyl groups excluding tert-OH is 1. The van der Waals surface area contributed by atoms with E-state index in [0.29, 0.717) is 13.1 Å². The third-order valence-electron chi connectivity index (χ3n) is 2.84. The van der Waals surface area contributed by atoms with Crippen LogP contribution in [0.1, 0.15) is 10.4 Å². The fourth-order valence-electron chi connectivity index (χ4n) is 1.84. The Morgan fingerprint density at radius 1 is 1.50 bits per heavy atom. The summed E-state index contributed by atoms with van der Waals surface area (Å²) in [5.41, 5.74) is -0.00401. The molecule has 1 aliphatic heterocycles. The van der Waals surface area contributed by atoms with Crippen molar-refractivity contribution in [2.24, 2.45) is 5.92 Å². The zero-order valence-electron chi connectivity index (χ0n) is 9.38. The number of non-ortho nitro benzene ring substituents is 1. The Balaban J connectivity index is 2.18. The predicted octanol–water partition coefficient (Wildman–Crippen LogP) is 1.31. The second-order valence-electron chi connectivity index (χ2n) is 4.21. The maximum Gasteiger partial charge on any atom is 0.271 e. The average Bonchev–Trinajstić information content (AvgIpc) is 2.26. The number of hydrogen-bond donors (Lipinski definition) is 1. The number of halogens is 1. The summed E-state index contributed by atoms with van der Waals surface area (Å²) >= 11 is 5.74. The largest absolute Gasteiger partial charge is 0.396 e. The number of nitro groups is 1. The van der Waals surface area contributed by atoms with Gasteiger partial charge in [-0.15, -0.1) is 0 Å². The number of nitro benzene ring substituents is 1. The molecule has 1 fully saturated rings. The van der Waals surface area contributed by atoms with Crippen molar-refractivity contribution < 1.29 is 14.8 Å². The molecule has 7 heteroatoms. The molecule has 1 saturated heterocycles. The minimum absolute atomic E-state index is 0.0411. The standard InChI is InChI=1S/C11H11ClN2O4/c12-9-1-8(2-10(3-9)14(17)18)11(16)13-4-7(5-13)6-15/h1-3,7,15H,4-6H2. The number of benzene rings is 1. The number of carbonyl (C=O) groups excluding carboxylic acids is 1. The lowest BCUT2D eigenvalue weighted by Crippen LogP contribution is -2.51. The van der Waals surface area contributed by atoms with Gasteiger partial charge < -0.3 is 10.0 Å². The molecule has 0 unspecified atom stereocenters. The molecule has 0 aliphatic carbocycles. The summed E-state index contributed by atoms with van der Waals surface area (Å²) in [4.78, 5) is 23.6. The highest BCUT2D eigenvalue weighted by molar-refractivity contribution is 6.31. The Kier molecular flexibility index (Phi) is 3.49. The lowest BCUT2D eigenvalue weighted by molar-refractivity contribution is -0.384. The number of carbonyl (C=O) groups is 1. The monoisotopic (exact) mass is 270 g/mol. The number of hydrogen-bond acceptors (Lipinski definition) is 4. The van der Waals surface area contributed by atoms with Gasteiger partial charge in [0.25, 0.3) is 11.6 Å². The average molecular weight is 271 g/mol. The third-order valence-corrected chi connectivity index (χ3v) is 3.06. The molecule has 0 aromatic heterocycles. The van der Waals surface area contributed by atoms with Crippen molar-refractivity contribution in [3.8, 4) is 0 Å². The van der Waals surface area contributed by atoms with E-state index in [-0.39, 0.29) is 34.7 Å². The van der Waals surface area contributed by atoms with Crippen LogP contribution in [0, 0.1) is 16.0 Å². The molecule has 1 amide bonds. The molecular weight excluding hydrogens is 260 g/mol. The van der Waals surface area contributed by atoms with Gasteiger partial charge in [-0.05, 0) is 6.07 Å². The molecular formula is C11H11ClN2O4. The van der Waals surface area contributed by atoms with Crippen LogP contribution in [-0.4, -0.2) is 40.5 Å². The van der Waals surface area contributed by atoms with Crippen LogP contribution in [-0.2, 0) is 0 Å². The number of amides is 1. The predicted molar refractivity (Wildman–Crippen MR) is 64.6 cm³/mol. The number of rotatable bonds is 3. The maximum absolute atomic E-state index is 12.0. The summed E-state index contributed by atoms with van der Waals surface area (Å²) in [7, 11) is 0. The van der Waals surface area contributed by atoms with E-state index in [2.05, 4.69) is 0 Å². The van der Waals surface area contributed by atoms with Crippen molar-refractivity contribution in [1.29, 1.82) is 0 Å². The highest BCUT2D eigenvalue weighted by Gasteiger charge is 2.31. The van der Waals surface area contributed by atoms with Crippen molar-refractivity contribution in [3.05, 3.63) is 38.9 Å². The van der Waals surface area contributed by atoms with Gasteiger partial charge in [0.1, 0.15) is 0 Å². The van der Waals surface area contributed by atoms with Crippen LogP contribution in [0.2, 0.25) is 5.02 Å². The molecule has 1 N–H and O–H groups in total. The Labute approximate surface area is 108 Å². The van der Waals surface area contributed by atoms with Crippen LogP contribution in [0.15, 0.2) is 18.2 Å². The Morgan fingerprint density at radius 2 is 2.17 bits per heavy atom. The van der Waals surface area contributed by atoms with E-state index in [4.69, 9.17) is 16.7 Å².